The Morgan fingerprint density at radius 3 is 2.81 bits per heavy atom. The number of esters is 1. The fourth-order valence-electron chi connectivity index (χ4n) is 2.67. The largest absolute Gasteiger partial charge is 0.466 e. The molecule has 1 aliphatic rings. The topological polar surface area (TPSA) is 90.7 Å². The number of oxazole rings is 1. The van der Waals surface area contributed by atoms with E-state index in [-0.39, 0.29) is 6.61 Å². The molecule has 0 radical (unpaired) electrons. The predicted molar refractivity (Wildman–Crippen MR) is 91.8 cm³/mol. The molecule has 1 aromatic carbocycles. The van der Waals surface area contributed by atoms with E-state index in [1.54, 1.807) is 18.2 Å². The summed E-state index contributed by atoms with van der Waals surface area (Å²) in [5.74, 6) is -0.121. The maximum atomic E-state index is 12.4. The summed E-state index contributed by atoms with van der Waals surface area (Å²) in [6.45, 7) is 0.121. The van der Waals surface area contributed by atoms with Gasteiger partial charge in [-0.05, 0) is 18.1 Å². The molecule has 0 bridgehead atoms. The van der Waals surface area contributed by atoms with Crippen LogP contribution in [0.5, 0.6) is 0 Å². The van der Waals surface area contributed by atoms with Crippen LogP contribution in [-0.2, 0) is 26.4 Å². The van der Waals surface area contributed by atoms with Crippen LogP contribution >= 0.6 is 0 Å². The molecule has 2 aromatic rings. The number of hydrogen-bond acceptors (Lipinski definition) is 6. The molecule has 1 aliphatic carbocycles. The van der Waals surface area contributed by atoms with Gasteiger partial charge in [0.05, 0.1) is 13.3 Å². The number of methoxy groups -OCH3 is 1. The first kappa shape index (κ1) is 17.5. The quantitative estimate of drug-likeness (QED) is 0.656. The molecule has 3 rings (SSSR count). The predicted octanol–water partition coefficient (Wildman–Crippen LogP) is 2.86. The summed E-state index contributed by atoms with van der Waals surface area (Å²) in [7, 11) is 1.30. The van der Waals surface area contributed by atoms with E-state index in [1.165, 1.54) is 19.7 Å². The Bertz CT molecular complexity index is 827. The lowest BCUT2D eigenvalue weighted by Gasteiger charge is -2.29. The van der Waals surface area contributed by atoms with Gasteiger partial charge in [0.2, 0.25) is 0 Å². The van der Waals surface area contributed by atoms with Crippen LogP contribution in [0.15, 0.2) is 71.1 Å². The standard InChI is InChI=1S/C19H18N2O5/c1-24-17(22)15-8-5-9-19(10-15,16-11-20-13-26-16)21-18(23)25-12-14-6-3-2-4-7-14/h2-7,9-11,13H,8,12H2,1H3,(H,21,23). The van der Waals surface area contributed by atoms with Crippen molar-refractivity contribution in [1.29, 1.82) is 0 Å². The van der Waals surface area contributed by atoms with Crippen molar-refractivity contribution >= 4 is 12.1 Å². The van der Waals surface area contributed by atoms with E-state index in [1.807, 2.05) is 30.3 Å². The van der Waals surface area contributed by atoms with Crippen molar-refractivity contribution in [3.05, 3.63) is 78.0 Å². The van der Waals surface area contributed by atoms with Crippen molar-refractivity contribution in [2.45, 2.75) is 18.6 Å². The number of nitrogens with zero attached hydrogens (tertiary/aromatic N) is 1. The normalized spacial score (nSPS) is 18.7. The van der Waals surface area contributed by atoms with Gasteiger partial charge in [-0.15, -0.1) is 0 Å². The van der Waals surface area contributed by atoms with Crippen molar-refractivity contribution in [1.82, 2.24) is 10.3 Å². The van der Waals surface area contributed by atoms with Crippen LogP contribution in [0.1, 0.15) is 17.7 Å². The molecule has 1 amide bonds. The lowest BCUT2D eigenvalue weighted by atomic mass is 9.87. The Morgan fingerprint density at radius 1 is 1.31 bits per heavy atom. The molecule has 0 fully saturated rings. The van der Waals surface area contributed by atoms with Gasteiger partial charge in [0.25, 0.3) is 0 Å². The van der Waals surface area contributed by atoms with Crippen molar-refractivity contribution in [3.63, 3.8) is 0 Å². The second kappa shape index (κ2) is 7.69. The van der Waals surface area contributed by atoms with Gasteiger partial charge in [0.15, 0.2) is 12.2 Å². The summed E-state index contributed by atoms with van der Waals surface area (Å²) < 4.78 is 15.4. The fraction of sp³-hybridized carbons (Fsp3) is 0.211. The molecule has 0 saturated heterocycles. The van der Waals surface area contributed by atoms with Crippen LogP contribution < -0.4 is 5.32 Å². The van der Waals surface area contributed by atoms with Gasteiger partial charge >= 0.3 is 12.1 Å². The molecule has 1 atom stereocenters. The van der Waals surface area contributed by atoms with Crippen molar-refractivity contribution in [3.8, 4) is 0 Å². The minimum absolute atomic E-state index is 0.121. The maximum Gasteiger partial charge on any atom is 0.408 e. The highest BCUT2D eigenvalue weighted by Crippen LogP contribution is 2.31. The second-order valence-corrected chi connectivity index (χ2v) is 5.69. The third kappa shape index (κ3) is 3.83. The fourth-order valence-corrected chi connectivity index (χ4v) is 2.67. The first-order valence-corrected chi connectivity index (χ1v) is 7.98. The molecular formula is C19H18N2O5. The minimum atomic E-state index is -1.17. The van der Waals surface area contributed by atoms with Gasteiger partial charge in [-0.3, -0.25) is 0 Å². The number of hydrogen-bond donors (Lipinski definition) is 1. The molecule has 0 spiro atoms. The number of benzene rings is 1. The number of nitrogens with one attached hydrogen (secondary N) is 1. The van der Waals surface area contributed by atoms with Crippen molar-refractivity contribution in [2.24, 2.45) is 0 Å². The van der Waals surface area contributed by atoms with Crippen LogP contribution in [0.3, 0.4) is 0 Å². The highest BCUT2D eigenvalue weighted by Gasteiger charge is 2.36. The SMILES string of the molecule is COC(=O)C1=CC(NC(=O)OCc2ccccc2)(c2cnco2)C=CC1. The van der Waals surface area contributed by atoms with Crippen LogP contribution in [0, 0.1) is 0 Å². The Labute approximate surface area is 150 Å². The Hall–Kier alpha value is -3.35. The molecule has 0 aliphatic heterocycles. The molecular weight excluding hydrogens is 336 g/mol. The molecule has 1 unspecified atom stereocenters. The average molecular weight is 354 g/mol. The minimum Gasteiger partial charge on any atom is -0.466 e. The zero-order chi connectivity index (χ0) is 18.4. The molecule has 0 saturated carbocycles. The first-order chi connectivity index (χ1) is 12.6. The van der Waals surface area contributed by atoms with Gasteiger partial charge in [0, 0.05) is 5.57 Å². The zero-order valence-electron chi connectivity index (χ0n) is 14.2. The molecule has 7 nitrogen and oxygen atoms in total. The number of amides is 1. The number of allylic oxidation sites excluding steroid dienone is 1. The lowest BCUT2D eigenvalue weighted by Crippen LogP contribution is -2.44. The van der Waals surface area contributed by atoms with Gasteiger partial charge in [-0.1, -0.05) is 42.5 Å². The number of carbonyl (C=O) groups is 2. The van der Waals surface area contributed by atoms with E-state index in [4.69, 9.17) is 13.9 Å². The highest BCUT2D eigenvalue weighted by atomic mass is 16.5. The monoisotopic (exact) mass is 354 g/mol. The molecule has 7 heteroatoms. The third-order valence-corrected chi connectivity index (χ3v) is 3.93. The molecule has 1 aromatic heterocycles. The summed E-state index contributed by atoms with van der Waals surface area (Å²) in [6.07, 6.45) is 7.53. The first-order valence-electron chi connectivity index (χ1n) is 7.98. The van der Waals surface area contributed by atoms with Crippen LogP contribution in [-0.4, -0.2) is 24.2 Å². The Morgan fingerprint density at radius 2 is 2.12 bits per heavy atom. The zero-order valence-corrected chi connectivity index (χ0v) is 14.2. The maximum absolute atomic E-state index is 12.4. The van der Waals surface area contributed by atoms with E-state index in [2.05, 4.69) is 10.3 Å². The number of aromatic nitrogens is 1. The molecule has 1 N–H and O–H groups in total. The summed E-state index contributed by atoms with van der Waals surface area (Å²) in [4.78, 5) is 28.2. The Kier molecular flexibility index (Phi) is 5.17. The number of rotatable bonds is 5. The lowest BCUT2D eigenvalue weighted by molar-refractivity contribution is -0.136. The van der Waals surface area contributed by atoms with Crippen LogP contribution in [0.2, 0.25) is 0 Å². The van der Waals surface area contributed by atoms with Gasteiger partial charge in [-0.25, -0.2) is 14.6 Å². The Balaban J connectivity index is 1.80. The van der Waals surface area contributed by atoms with Crippen molar-refractivity contribution in [2.75, 3.05) is 7.11 Å². The van der Waals surface area contributed by atoms with Gasteiger partial charge in [-0.2, -0.15) is 0 Å². The van der Waals surface area contributed by atoms with Crippen molar-refractivity contribution < 1.29 is 23.5 Å². The van der Waals surface area contributed by atoms with E-state index < -0.39 is 17.6 Å². The molecule has 134 valence electrons. The average Bonchev–Trinajstić information content (AvgIpc) is 3.22. The van der Waals surface area contributed by atoms with Gasteiger partial charge in [0.1, 0.15) is 12.1 Å². The summed E-state index contributed by atoms with van der Waals surface area (Å²) in [6, 6.07) is 9.32. The summed E-state index contributed by atoms with van der Waals surface area (Å²) >= 11 is 0. The smallest absolute Gasteiger partial charge is 0.408 e. The number of ether oxygens (including phenoxy) is 2. The van der Waals surface area contributed by atoms with Crippen LogP contribution in [0.4, 0.5) is 4.79 Å². The number of alkyl carbamates (subject to hydrolysis) is 1. The van der Waals surface area contributed by atoms with E-state index >= 15 is 0 Å². The summed E-state index contributed by atoms with van der Waals surface area (Å²) in [5.41, 5.74) is 0.0857. The molecule has 26 heavy (non-hydrogen) atoms. The van der Waals surface area contributed by atoms with Crippen LogP contribution in [0.25, 0.3) is 0 Å². The highest BCUT2D eigenvalue weighted by molar-refractivity contribution is 5.89. The third-order valence-electron chi connectivity index (χ3n) is 3.93. The number of carbonyl (C=O) groups excluding carboxylic acids is 2. The van der Waals surface area contributed by atoms with E-state index in [9.17, 15) is 9.59 Å². The summed E-state index contributed by atoms with van der Waals surface area (Å²) in [5, 5.41) is 2.75. The van der Waals surface area contributed by atoms with E-state index in [0.717, 1.165) is 5.56 Å². The van der Waals surface area contributed by atoms with E-state index in [0.29, 0.717) is 17.8 Å². The van der Waals surface area contributed by atoms with Gasteiger partial charge < -0.3 is 19.2 Å². The molecule has 1 heterocycles. The second-order valence-electron chi connectivity index (χ2n) is 5.69.